The summed E-state index contributed by atoms with van der Waals surface area (Å²) in [6.45, 7) is 1.97. The van der Waals surface area contributed by atoms with Crippen molar-refractivity contribution >= 4 is 39.3 Å². The van der Waals surface area contributed by atoms with Crippen LogP contribution in [0.1, 0.15) is 17.0 Å². The van der Waals surface area contributed by atoms with Crippen molar-refractivity contribution in [2.24, 2.45) is 5.14 Å². The predicted octanol–water partition coefficient (Wildman–Crippen LogP) is 2.22. The number of aromatic nitrogens is 3. The van der Waals surface area contributed by atoms with Crippen LogP contribution in [0.5, 0.6) is 0 Å². The van der Waals surface area contributed by atoms with Gasteiger partial charge in [0.2, 0.25) is 21.9 Å². The molecule has 0 bridgehead atoms. The maximum absolute atomic E-state index is 11.3. The third-order valence-electron chi connectivity index (χ3n) is 3.84. The molecule has 146 valence electrons. The van der Waals surface area contributed by atoms with Crippen LogP contribution in [0.25, 0.3) is 11.6 Å². The fourth-order valence-electron chi connectivity index (χ4n) is 2.40. The van der Waals surface area contributed by atoms with Crippen LogP contribution in [-0.4, -0.2) is 23.4 Å². The topological polar surface area (TPSA) is 161 Å². The van der Waals surface area contributed by atoms with E-state index in [1.165, 1.54) is 24.3 Å². The summed E-state index contributed by atoms with van der Waals surface area (Å²) in [6, 6.07) is 15.4. The van der Waals surface area contributed by atoms with Crippen LogP contribution < -0.4 is 16.2 Å². The van der Waals surface area contributed by atoms with E-state index in [1.54, 1.807) is 6.08 Å². The second-order valence-electron chi connectivity index (χ2n) is 6.12. The lowest BCUT2D eigenvalue weighted by Crippen LogP contribution is -2.12. The molecule has 10 heteroatoms. The standard InChI is InChI=1S/C19H17N7O2S/c1-12-2-4-13(5-3-12)10-14(11-20)17-24-18(21)26-19(25-17)23-15-6-8-16(9-7-15)29(22,27)28/h2-10H,1H3,(H2,22,27,28)(H3,21,23,24,25,26)/b14-10+. The van der Waals surface area contributed by atoms with Gasteiger partial charge < -0.3 is 11.1 Å². The Morgan fingerprint density at radius 2 is 1.72 bits per heavy atom. The van der Waals surface area contributed by atoms with Crippen LogP contribution in [0, 0.1) is 18.3 Å². The van der Waals surface area contributed by atoms with Crippen molar-refractivity contribution in [1.82, 2.24) is 15.0 Å². The van der Waals surface area contributed by atoms with Gasteiger partial charge in [-0.2, -0.15) is 20.2 Å². The second kappa shape index (κ2) is 8.05. The molecule has 3 rings (SSSR count). The Balaban J connectivity index is 1.91. The molecule has 1 aromatic heterocycles. The summed E-state index contributed by atoms with van der Waals surface area (Å²) < 4.78 is 22.7. The van der Waals surface area contributed by atoms with Gasteiger partial charge in [0, 0.05) is 5.69 Å². The number of nitrogens with two attached hydrogens (primary N) is 2. The molecular formula is C19H17N7O2S. The lowest BCUT2D eigenvalue weighted by atomic mass is 10.1. The van der Waals surface area contributed by atoms with Gasteiger partial charge in [-0.3, -0.25) is 0 Å². The number of hydrogen-bond acceptors (Lipinski definition) is 8. The minimum atomic E-state index is -3.79. The van der Waals surface area contributed by atoms with E-state index >= 15 is 0 Å². The first kappa shape index (κ1) is 19.9. The van der Waals surface area contributed by atoms with E-state index in [-0.39, 0.29) is 28.2 Å². The lowest BCUT2D eigenvalue weighted by Gasteiger charge is -2.08. The highest BCUT2D eigenvalue weighted by atomic mass is 32.2. The van der Waals surface area contributed by atoms with Gasteiger partial charge in [0.25, 0.3) is 0 Å². The second-order valence-corrected chi connectivity index (χ2v) is 7.68. The summed E-state index contributed by atoms with van der Waals surface area (Å²) in [5.74, 6) is 0.161. The number of aryl methyl sites for hydroxylation is 1. The number of nitriles is 1. The van der Waals surface area contributed by atoms with E-state index < -0.39 is 10.0 Å². The van der Waals surface area contributed by atoms with Gasteiger partial charge in [0.05, 0.1) is 10.5 Å². The summed E-state index contributed by atoms with van der Waals surface area (Å²) in [5, 5.41) is 17.5. The zero-order valence-corrected chi connectivity index (χ0v) is 16.2. The Bertz CT molecular complexity index is 1210. The fourth-order valence-corrected chi connectivity index (χ4v) is 2.92. The highest BCUT2D eigenvalue weighted by molar-refractivity contribution is 7.89. The normalized spacial score (nSPS) is 11.7. The molecule has 5 N–H and O–H groups in total. The van der Waals surface area contributed by atoms with Crippen LogP contribution in [0.4, 0.5) is 17.6 Å². The van der Waals surface area contributed by atoms with Gasteiger partial charge in [-0.1, -0.05) is 29.8 Å². The van der Waals surface area contributed by atoms with Crippen LogP contribution in [0.2, 0.25) is 0 Å². The Hall–Kier alpha value is -3.81. The summed E-state index contributed by atoms with van der Waals surface area (Å²) in [7, 11) is -3.79. The van der Waals surface area contributed by atoms with Crippen molar-refractivity contribution in [3.63, 3.8) is 0 Å². The Kier molecular flexibility index (Phi) is 5.54. The van der Waals surface area contributed by atoms with Crippen LogP contribution >= 0.6 is 0 Å². The van der Waals surface area contributed by atoms with Gasteiger partial charge in [-0.15, -0.1) is 0 Å². The van der Waals surface area contributed by atoms with E-state index in [0.29, 0.717) is 5.69 Å². The van der Waals surface area contributed by atoms with E-state index in [0.717, 1.165) is 11.1 Å². The number of nitrogen functional groups attached to an aromatic ring is 1. The van der Waals surface area contributed by atoms with Gasteiger partial charge in [0.15, 0.2) is 5.82 Å². The van der Waals surface area contributed by atoms with Gasteiger partial charge >= 0.3 is 0 Å². The third kappa shape index (κ3) is 5.13. The number of nitrogens with one attached hydrogen (secondary N) is 1. The van der Waals surface area contributed by atoms with Gasteiger partial charge in [0.1, 0.15) is 6.07 Å². The highest BCUT2D eigenvalue weighted by Crippen LogP contribution is 2.20. The molecule has 0 unspecified atom stereocenters. The molecule has 0 spiro atoms. The number of allylic oxidation sites excluding steroid dienone is 1. The Morgan fingerprint density at radius 1 is 1.07 bits per heavy atom. The van der Waals surface area contributed by atoms with Gasteiger partial charge in [-0.25, -0.2) is 13.6 Å². The van der Waals surface area contributed by atoms with Crippen molar-refractivity contribution in [1.29, 1.82) is 5.26 Å². The van der Waals surface area contributed by atoms with E-state index in [4.69, 9.17) is 10.9 Å². The number of nitrogens with zero attached hydrogens (tertiary/aromatic N) is 4. The molecule has 0 aliphatic rings. The van der Waals surface area contributed by atoms with Crippen molar-refractivity contribution in [3.05, 3.63) is 65.5 Å². The molecule has 0 aliphatic heterocycles. The first-order valence-corrected chi connectivity index (χ1v) is 9.89. The zero-order chi connectivity index (χ0) is 21.0. The minimum absolute atomic E-state index is 0.0216. The molecule has 3 aromatic rings. The first-order chi connectivity index (χ1) is 13.7. The maximum Gasteiger partial charge on any atom is 0.238 e. The predicted molar refractivity (Wildman–Crippen MR) is 110 cm³/mol. The largest absolute Gasteiger partial charge is 0.368 e. The van der Waals surface area contributed by atoms with Gasteiger partial charge in [-0.05, 0) is 42.8 Å². The molecule has 29 heavy (non-hydrogen) atoms. The maximum atomic E-state index is 11.3. The zero-order valence-electron chi connectivity index (χ0n) is 15.4. The molecule has 0 aliphatic carbocycles. The number of hydrogen-bond donors (Lipinski definition) is 3. The molecule has 0 saturated carbocycles. The van der Waals surface area contributed by atoms with Crippen molar-refractivity contribution < 1.29 is 8.42 Å². The number of primary sulfonamides is 1. The van der Waals surface area contributed by atoms with Crippen molar-refractivity contribution in [3.8, 4) is 6.07 Å². The molecular weight excluding hydrogens is 390 g/mol. The number of anilines is 3. The molecule has 0 saturated heterocycles. The molecule has 0 fully saturated rings. The summed E-state index contributed by atoms with van der Waals surface area (Å²) in [6.07, 6.45) is 1.65. The molecule has 2 aromatic carbocycles. The van der Waals surface area contributed by atoms with E-state index in [9.17, 15) is 13.7 Å². The molecule has 0 amide bonds. The first-order valence-electron chi connectivity index (χ1n) is 8.35. The highest BCUT2D eigenvalue weighted by Gasteiger charge is 2.11. The van der Waals surface area contributed by atoms with E-state index in [2.05, 4.69) is 26.3 Å². The number of rotatable bonds is 5. The van der Waals surface area contributed by atoms with Crippen LogP contribution in [0.15, 0.2) is 53.4 Å². The number of sulfonamides is 1. The summed E-state index contributed by atoms with van der Waals surface area (Å²) in [5.41, 5.74) is 8.41. The quantitative estimate of drug-likeness (QED) is 0.542. The summed E-state index contributed by atoms with van der Waals surface area (Å²) >= 11 is 0. The fraction of sp³-hybridized carbons (Fsp3) is 0.0526. The molecule has 0 radical (unpaired) electrons. The molecule has 0 atom stereocenters. The Labute approximate surface area is 167 Å². The average molecular weight is 407 g/mol. The smallest absolute Gasteiger partial charge is 0.238 e. The third-order valence-corrected chi connectivity index (χ3v) is 4.77. The lowest BCUT2D eigenvalue weighted by molar-refractivity contribution is 0.598. The average Bonchev–Trinajstić information content (AvgIpc) is 2.67. The monoisotopic (exact) mass is 407 g/mol. The number of benzene rings is 2. The Morgan fingerprint density at radius 3 is 2.31 bits per heavy atom. The SMILES string of the molecule is Cc1ccc(/C=C(\C#N)c2nc(N)nc(Nc3ccc(S(N)(=O)=O)cc3)n2)cc1. The van der Waals surface area contributed by atoms with Crippen LogP contribution in [-0.2, 0) is 10.0 Å². The van der Waals surface area contributed by atoms with Crippen LogP contribution in [0.3, 0.4) is 0 Å². The van der Waals surface area contributed by atoms with E-state index in [1.807, 2.05) is 31.2 Å². The van der Waals surface area contributed by atoms with Crippen molar-refractivity contribution in [2.45, 2.75) is 11.8 Å². The molecule has 9 nitrogen and oxygen atoms in total. The van der Waals surface area contributed by atoms with Crippen molar-refractivity contribution in [2.75, 3.05) is 11.1 Å². The minimum Gasteiger partial charge on any atom is -0.368 e. The molecule has 1 heterocycles. The summed E-state index contributed by atoms with van der Waals surface area (Å²) in [4.78, 5) is 12.3.